The van der Waals surface area contributed by atoms with Crippen molar-refractivity contribution in [2.45, 2.75) is 19.5 Å². The van der Waals surface area contributed by atoms with Gasteiger partial charge in [-0.2, -0.15) is 13.2 Å². The molecule has 1 aliphatic rings. The lowest BCUT2D eigenvalue weighted by atomic mass is 10.1. The number of hydrogen-bond acceptors (Lipinski definition) is 4. The number of Topliss-reactive ketones (excluding diaryl/α,β-unsaturated/α-hetero) is 1. The molecule has 1 aromatic rings. The number of ether oxygens (including phenoxy) is 1. The third-order valence-corrected chi connectivity index (χ3v) is 4.05. The molecule has 0 bridgehead atoms. The molecule has 1 fully saturated rings. The summed E-state index contributed by atoms with van der Waals surface area (Å²) in [5, 5.41) is 0. The highest BCUT2D eigenvalue weighted by atomic mass is 19.4. The van der Waals surface area contributed by atoms with E-state index in [2.05, 4.69) is 4.74 Å². The Morgan fingerprint density at radius 3 is 2.35 bits per heavy atom. The molecule has 9 heteroatoms. The van der Waals surface area contributed by atoms with Gasteiger partial charge in [0.1, 0.15) is 12.4 Å². The minimum absolute atomic E-state index is 0.127. The summed E-state index contributed by atoms with van der Waals surface area (Å²) in [5.74, 6) is -1.02. The Bertz CT molecular complexity index is 656. The fourth-order valence-corrected chi connectivity index (χ4v) is 2.68. The highest BCUT2D eigenvalue weighted by Crippen LogP contribution is 2.22. The number of nitrogens with zero attached hydrogens (tertiary/aromatic N) is 2. The second-order valence-corrected chi connectivity index (χ2v) is 6.01. The van der Waals surface area contributed by atoms with Crippen molar-refractivity contribution in [2.24, 2.45) is 0 Å². The van der Waals surface area contributed by atoms with E-state index in [1.807, 2.05) is 0 Å². The lowest BCUT2D eigenvalue weighted by Crippen LogP contribution is -2.49. The van der Waals surface area contributed by atoms with E-state index in [1.165, 1.54) is 24.0 Å². The smallest absolute Gasteiger partial charge is 0.372 e. The van der Waals surface area contributed by atoms with Crippen molar-refractivity contribution in [3.05, 3.63) is 29.6 Å². The van der Waals surface area contributed by atoms with E-state index >= 15 is 0 Å². The molecule has 2 rings (SSSR count). The third kappa shape index (κ3) is 5.69. The van der Waals surface area contributed by atoms with Gasteiger partial charge in [-0.1, -0.05) is 0 Å². The number of ketones is 1. The van der Waals surface area contributed by atoms with Crippen LogP contribution in [0.2, 0.25) is 0 Å². The van der Waals surface area contributed by atoms with E-state index in [1.54, 1.807) is 11.0 Å². The van der Waals surface area contributed by atoms with Crippen LogP contribution in [0.3, 0.4) is 0 Å². The molecular formula is C17H20F4N2O3. The molecule has 0 radical (unpaired) electrons. The molecule has 1 aliphatic heterocycles. The molecule has 0 atom stereocenters. The molecule has 26 heavy (non-hydrogen) atoms. The quantitative estimate of drug-likeness (QED) is 0.435. The van der Waals surface area contributed by atoms with Gasteiger partial charge in [-0.3, -0.25) is 9.59 Å². The Morgan fingerprint density at radius 1 is 1.15 bits per heavy atom. The zero-order valence-electron chi connectivity index (χ0n) is 14.3. The maximum Gasteiger partial charge on any atom is 0.411 e. The summed E-state index contributed by atoms with van der Waals surface area (Å²) in [5.41, 5.74) is 0.648. The van der Waals surface area contributed by atoms with Crippen LogP contribution in [0.4, 0.5) is 23.2 Å². The van der Waals surface area contributed by atoms with Gasteiger partial charge < -0.3 is 14.5 Å². The van der Waals surface area contributed by atoms with E-state index in [0.717, 1.165) is 0 Å². The van der Waals surface area contributed by atoms with Crippen LogP contribution >= 0.6 is 0 Å². The van der Waals surface area contributed by atoms with E-state index in [4.69, 9.17) is 0 Å². The minimum Gasteiger partial charge on any atom is -0.372 e. The average Bonchev–Trinajstić information content (AvgIpc) is 2.57. The summed E-state index contributed by atoms with van der Waals surface area (Å²) in [6.07, 6.45) is -4.53. The number of carbonyl (C=O) groups is 2. The Balaban J connectivity index is 1.81. The maximum absolute atomic E-state index is 14.2. The van der Waals surface area contributed by atoms with Crippen LogP contribution in [-0.4, -0.2) is 62.2 Å². The normalized spacial score (nSPS) is 15.3. The number of hydrogen-bond donors (Lipinski definition) is 0. The minimum atomic E-state index is -4.41. The molecule has 1 amide bonds. The largest absolute Gasteiger partial charge is 0.411 e. The molecule has 5 nitrogen and oxygen atoms in total. The van der Waals surface area contributed by atoms with Crippen LogP contribution in [-0.2, 0) is 9.53 Å². The van der Waals surface area contributed by atoms with Crippen molar-refractivity contribution in [3.63, 3.8) is 0 Å². The fraction of sp³-hybridized carbons (Fsp3) is 0.529. The van der Waals surface area contributed by atoms with Crippen molar-refractivity contribution < 1.29 is 31.9 Å². The van der Waals surface area contributed by atoms with Gasteiger partial charge in [-0.15, -0.1) is 0 Å². The zero-order chi connectivity index (χ0) is 19.3. The highest BCUT2D eigenvalue weighted by molar-refractivity contribution is 5.94. The number of anilines is 1. The van der Waals surface area contributed by atoms with Crippen molar-refractivity contribution in [2.75, 3.05) is 44.3 Å². The SMILES string of the molecule is CC(=O)c1ccc(N2CCN(C(=O)CCOCC(F)(F)F)CC2)c(F)c1. The number of benzene rings is 1. The monoisotopic (exact) mass is 376 g/mol. The third-order valence-electron chi connectivity index (χ3n) is 4.05. The van der Waals surface area contributed by atoms with E-state index < -0.39 is 18.6 Å². The molecule has 1 saturated heterocycles. The lowest BCUT2D eigenvalue weighted by Gasteiger charge is -2.36. The van der Waals surface area contributed by atoms with E-state index in [0.29, 0.717) is 37.4 Å². The van der Waals surface area contributed by atoms with Gasteiger partial charge >= 0.3 is 6.18 Å². The van der Waals surface area contributed by atoms with Crippen LogP contribution in [0.25, 0.3) is 0 Å². The number of halogens is 4. The highest BCUT2D eigenvalue weighted by Gasteiger charge is 2.28. The first-order valence-corrected chi connectivity index (χ1v) is 8.15. The maximum atomic E-state index is 14.2. The number of piperazine rings is 1. The zero-order valence-corrected chi connectivity index (χ0v) is 14.3. The summed E-state index contributed by atoms with van der Waals surface area (Å²) in [6, 6.07) is 4.28. The van der Waals surface area contributed by atoms with Gasteiger partial charge in [-0.05, 0) is 25.1 Å². The van der Waals surface area contributed by atoms with E-state index in [-0.39, 0.29) is 24.7 Å². The lowest BCUT2D eigenvalue weighted by molar-refractivity contribution is -0.175. The van der Waals surface area contributed by atoms with E-state index in [9.17, 15) is 27.2 Å². The Hall–Kier alpha value is -2.16. The van der Waals surface area contributed by atoms with Gasteiger partial charge in [0.15, 0.2) is 5.78 Å². The molecule has 1 heterocycles. The molecule has 1 aromatic carbocycles. The number of rotatable bonds is 6. The summed E-state index contributed by atoms with van der Waals surface area (Å²) in [6.45, 7) is 1.16. The molecule has 0 N–H and O–H groups in total. The molecule has 0 aromatic heterocycles. The second kappa shape index (κ2) is 8.48. The van der Waals surface area contributed by atoms with Gasteiger partial charge in [0.05, 0.1) is 18.7 Å². The summed E-state index contributed by atoms with van der Waals surface area (Å²) in [4.78, 5) is 26.5. The van der Waals surface area contributed by atoms with Gasteiger partial charge in [0, 0.05) is 31.7 Å². The van der Waals surface area contributed by atoms with Crippen molar-refractivity contribution in [1.29, 1.82) is 0 Å². The predicted octanol–water partition coefficient (Wildman–Crippen LogP) is 2.65. The Morgan fingerprint density at radius 2 is 1.81 bits per heavy atom. The molecule has 0 saturated carbocycles. The number of carbonyl (C=O) groups excluding carboxylic acids is 2. The fourth-order valence-electron chi connectivity index (χ4n) is 2.68. The summed E-state index contributed by atoms with van der Waals surface area (Å²) < 4.78 is 54.5. The standard InChI is InChI=1S/C17H20F4N2O3/c1-12(24)13-2-3-15(14(18)10-13)22-5-7-23(8-6-22)16(25)4-9-26-11-17(19,20)21/h2-3,10H,4-9,11H2,1H3. The van der Waals surface area contributed by atoms with Gasteiger partial charge in [0.2, 0.25) is 5.91 Å². The van der Waals surface area contributed by atoms with Crippen LogP contribution in [0.1, 0.15) is 23.7 Å². The first kappa shape index (κ1) is 20.2. The Kier molecular flexibility index (Phi) is 6.57. The Labute approximate surface area is 148 Å². The van der Waals surface area contributed by atoms with Crippen LogP contribution in [0.15, 0.2) is 18.2 Å². The van der Waals surface area contributed by atoms with Gasteiger partial charge in [-0.25, -0.2) is 4.39 Å². The first-order chi connectivity index (χ1) is 12.2. The number of amides is 1. The molecular weight excluding hydrogens is 356 g/mol. The van der Waals surface area contributed by atoms with Crippen molar-refractivity contribution >= 4 is 17.4 Å². The topological polar surface area (TPSA) is 49.9 Å². The van der Waals surface area contributed by atoms with Crippen molar-refractivity contribution in [3.8, 4) is 0 Å². The molecule has 0 spiro atoms. The average molecular weight is 376 g/mol. The first-order valence-electron chi connectivity index (χ1n) is 8.15. The summed E-state index contributed by atoms with van der Waals surface area (Å²) >= 11 is 0. The van der Waals surface area contributed by atoms with Crippen LogP contribution < -0.4 is 4.90 Å². The predicted molar refractivity (Wildman–Crippen MR) is 86.7 cm³/mol. The van der Waals surface area contributed by atoms with Crippen LogP contribution in [0, 0.1) is 5.82 Å². The van der Waals surface area contributed by atoms with Crippen molar-refractivity contribution in [1.82, 2.24) is 4.90 Å². The van der Waals surface area contributed by atoms with Crippen LogP contribution in [0.5, 0.6) is 0 Å². The second-order valence-electron chi connectivity index (χ2n) is 6.01. The molecule has 144 valence electrons. The molecule has 0 unspecified atom stereocenters. The summed E-state index contributed by atoms with van der Waals surface area (Å²) in [7, 11) is 0. The number of alkyl halides is 3. The molecule has 0 aliphatic carbocycles. The van der Waals surface area contributed by atoms with Gasteiger partial charge in [0.25, 0.3) is 0 Å².